The summed E-state index contributed by atoms with van der Waals surface area (Å²) in [6.45, 7) is 2.20. The van der Waals surface area contributed by atoms with Crippen LogP contribution < -0.4 is 5.32 Å². The Morgan fingerprint density at radius 3 is 2.67 bits per heavy atom. The summed E-state index contributed by atoms with van der Waals surface area (Å²) in [6, 6.07) is 0.401. The molecule has 1 heterocycles. The molecule has 0 bridgehead atoms. The van der Waals surface area contributed by atoms with Crippen molar-refractivity contribution >= 4 is 0 Å². The number of nitrogens with zero attached hydrogens (tertiary/aromatic N) is 2. The second-order valence-electron chi connectivity index (χ2n) is 4.54. The molecule has 18 heavy (non-hydrogen) atoms. The first kappa shape index (κ1) is 15.1. The molecule has 0 aliphatic rings. The van der Waals surface area contributed by atoms with Gasteiger partial charge in [-0.3, -0.25) is 4.57 Å². The van der Waals surface area contributed by atoms with Gasteiger partial charge in [0, 0.05) is 18.4 Å². The van der Waals surface area contributed by atoms with E-state index in [2.05, 4.69) is 24.1 Å². The van der Waals surface area contributed by atoms with Gasteiger partial charge in [0.05, 0.1) is 6.54 Å². The van der Waals surface area contributed by atoms with E-state index in [9.17, 15) is 8.78 Å². The Labute approximate surface area is 108 Å². The van der Waals surface area contributed by atoms with Crippen molar-refractivity contribution in [3.8, 4) is 0 Å². The fourth-order valence-corrected chi connectivity index (χ4v) is 2.04. The van der Waals surface area contributed by atoms with Crippen molar-refractivity contribution in [2.45, 2.75) is 65.1 Å². The molecule has 1 N–H and O–H groups in total. The maximum atomic E-state index is 12.6. The number of rotatable bonds is 9. The first-order valence-corrected chi connectivity index (χ1v) is 6.72. The van der Waals surface area contributed by atoms with Crippen molar-refractivity contribution in [1.29, 1.82) is 0 Å². The molecule has 0 spiro atoms. The molecule has 1 aromatic rings. The molecule has 1 unspecified atom stereocenters. The van der Waals surface area contributed by atoms with Gasteiger partial charge >= 0.3 is 6.55 Å². The van der Waals surface area contributed by atoms with Gasteiger partial charge in [-0.15, -0.1) is 0 Å². The highest BCUT2D eigenvalue weighted by Crippen LogP contribution is 2.13. The third kappa shape index (κ3) is 4.72. The second-order valence-corrected chi connectivity index (χ2v) is 4.54. The second kappa shape index (κ2) is 8.19. The van der Waals surface area contributed by atoms with E-state index < -0.39 is 6.55 Å². The van der Waals surface area contributed by atoms with Gasteiger partial charge in [-0.1, -0.05) is 33.1 Å². The zero-order valence-corrected chi connectivity index (χ0v) is 11.2. The maximum Gasteiger partial charge on any atom is 0.319 e. The Bertz CT molecular complexity index is 326. The smallest absolute Gasteiger partial charge is 0.307 e. The lowest BCUT2D eigenvalue weighted by Crippen LogP contribution is -2.29. The molecule has 1 rings (SSSR count). The van der Waals surface area contributed by atoms with E-state index in [1.54, 1.807) is 0 Å². The van der Waals surface area contributed by atoms with Gasteiger partial charge in [-0.2, -0.15) is 8.78 Å². The molecular weight excluding hydrogens is 236 g/mol. The summed E-state index contributed by atoms with van der Waals surface area (Å²) < 4.78 is 26.2. The van der Waals surface area contributed by atoms with E-state index >= 15 is 0 Å². The van der Waals surface area contributed by atoms with Gasteiger partial charge in [0.2, 0.25) is 0 Å². The largest absolute Gasteiger partial charge is 0.319 e. The van der Waals surface area contributed by atoms with E-state index in [1.165, 1.54) is 18.8 Å². The molecule has 0 saturated carbocycles. The number of hydrogen-bond acceptors (Lipinski definition) is 2. The van der Waals surface area contributed by atoms with Crippen LogP contribution >= 0.6 is 0 Å². The first-order valence-electron chi connectivity index (χ1n) is 6.72. The molecule has 3 nitrogen and oxygen atoms in total. The minimum atomic E-state index is -2.51. The standard InChI is InChI=1S/C13H23F2N3/c1-3-5-7-11(6-4-2)17-10-12-16-8-9-18(12)13(14)15/h8-9,11,13,17H,3-7,10H2,1-2H3. The van der Waals surface area contributed by atoms with Gasteiger partial charge < -0.3 is 5.32 Å². The van der Waals surface area contributed by atoms with Crippen LogP contribution in [0.4, 0.5) is 8.78 Å². The van der Waals surface area contributed by atoms with Crippen molar-refractivity contribution in [3.63, 3.8) is 0 Å². The SMILES string of the molecule is CCCCC(CCC)NCc1nccn1C(F)F. The molecule has 0 radical (unpaired) electrons. The van der Waals surface area contributed by atoms with Crippen LogP contribution in [0.25, 0.3) is 0 Å². The average Bonchev–Trinajstić information content (AvgIpc) is 2.81. The summed E-state index contributed by atoms with van der Waals surface area (Å²) in [7, 11) is 0. The minimum Gasteiger partial charge on any atom is -0.307 e. The summed E-state index contributed by atoms with van der Waals surface area (Å²) >= 11 is 0. The normalized spacial score (nSPS) is 13.2. The Morgan fingerprint density at radius 2 is 2.06 bits per heavy atom. The molecular formula is C13H23F2N3. The highest BCUT2D eigenvalue weighted by molar-refractivity contribution is 4.92. The van der Waals surface area contributed by atoms with E-state index in [-0.39, 0.29) is 0 Å². The van der Waals surface area contributed by atoms with Crippen molar-refractivity contribution in [2.24, 2.45) is 0 Å². The van der Waals surface area contributed by atoms with E-state index in [0.29, 0.717) is 18.4 Å². The molecule has 0 aromatic carbocycles. The quantitative estimate of drug-likeness (QED) is 0.732. The minimum absolute atomic E-state index is 0.401. The Hall–Kier alpha value is -0.970. The lowest BCUT2D eigenvalue weighted by atomic mass is 10.1. The number of imidazole rings is 1. The summed E-state index contributed by atoms with van der Waals surface area (Å²) in [5.41, 5.74) is 0. The molecule has 0 aliphatic carbocycles. The lowest BCUT2D eigenvalue weighted by molar-refractivity contribution is 0.0664. The monoisotopic (exact) mass is 259 g/mol. The number of nitrogens with one attached hydrogen (secondary N) is 1. The maximum absolute atomic E-state index is 12.6. The van der Waals surface area contributed by atoms with Gasteiger partial charge in [0.25, 0.3) is 0 Å². The zero-order valence-electron chi connectivity index (χ0n) is 11.2. The van der Waals surface area contributed by atoms with Crippen LogP contribution in [-0.4, -0.2) is 15.6 Å². The van der Waals surface area contributed by atoms with Crippen LogP contribution in [0.1, 0.15) is 58.3 Å². The molecule has 0 saturated heterocycles. The van der Waals surface area contributed by atoms with Crippen LogP contribution in [0.5, 0.6) is 0 Å². The third-order valence-corrected chi connectivity index (χ3v) is 3.05. The molecule has 0 aliphatic heterocycles. The van der Waals surface area contributed by atoms with Gasteiger partial charge in [0.1, 0.15) is 5.82 Å². The number of alkyl halides is 2. The average molecular weight is 259 g/mol. The molecule has 5 heteroatoms. The molecule has 1 atom stereocenters. The van der Waals surface area contributed by atoms with Gasteiger partial charge in [0.15, 0.2) is 0 Å². The molecule has 0 amide bonds. The molecule has 1 aromatic heterocycles. The zero-order chi connectivity index (χ0) is 13.4. The summed E-state index contributed by atoms with van der Waals surface area (Å²) in [5.74, 6) is 0.405. The van der Waals surface area contributed by atoms with Crippen molar-refractivity contribution < 1.29 is 8.78 Å². The number of aromatic nitrogens is 2. The van der Waals surface area contributed by atoms with E-state index in [0.717, 1.165) is 30.3 Å². The number of hydrogen-bond donors (Lipinski definition) is 1. The summed E-state index contributed by atoms with van der Waals surface area (Å²) in [4.78, 5) is 3.97. The molecule has 104 valence electrons. The lowest BCUT2D eigenvalue weighted by Gasteiger charge is -2.18. The number of unbranched alkanes of at least 4 members (excludes halogenated alkanes) is 1. The van der Waals surface area contributed by atoms with Gasteiger partial charge in [-0.05, 0) is 12.8 Å². The Balaban J connectivity index is 2.47. The van der Waals surface area contributed by atoms with Crippen molar-refractivity contribution in [2.75, 3.05) is 0 Å². The van der Waals surface area contributed by atoms with Crippen molar-refractivity contribution in [1.82, 2.24) is 14.9 Å². The van der Waals surface area contributed by atoms with Crippen LogP contribution in [0.2, 0.25) is 0 Å². The topological polar surface area (TPSA) is 29.9 Å². The fraction of sp³-hybridized carbons (Fsp3) is 0.769. The van der Waals surface area contributed by atoms with Gasteiger partial charge in [-0.25, -0.2) is 4.98 Å². The molecule has 0 fully saturated rings. The van der Waals surface area contributed by atoms with Crippen LogP contribution in [0.15, 0.2) is 12.4 Å². The number of halogens is 2. The van der Waals surface area contributed by atoms with Crippen LogP contribution in [0.3, 0.4) is 0 Å². The fourth-order valence-electron chi connectivity index (χ4n) is 2.04. The third-order valence-electron chi connectivity index (χ3n) is 3.05. The summed E-state index contributed by atoms with van der Waals surface area (Å²) in [5, 5.41) is 3.34. The Kier molecular flexibility index (Phi) is 6.86. The first-order chi connectivity index (χ1) is 8.69. The Morgan fingerprint density at radius 1 is 1.28 bits per heavy atom. The van der Waals surface area contributed by atoms with Crippen LogP contribution in [0, 0.1) is 0 Å². The predicted molar refractivity (Wildman–Crippen MR) is 68.5 cm³/mol. The van der Waals surface area contributed by atoms with Crippen LogP contribution in [-0.2, 0) is 6.54 Å². The highest BCUT2D eigenvalue weighted by Gasteiger charge is 2.13. The summed E-state index contributed by atoms with van der Waals surface area (Å²) in [6.07, 6.45) is 8.35. The van der Waals surface area contributed by atoms with Crippen molar-refractivity contribution in [3.05, 3.63) is 18.2 Å². The highest BCUT2D eigenvalue weighted by atomic mass is 19.3. The van der Waals surface area contributed by atoms with E-state index in [1.807, 2.05) is 0 Å². The van der Waals surface area contributed by atoms with E-state index in [4.69, 9.17) is 0 Å². The predicted octanol–water partition coefficient (Wildman–Crippen LogP) is 3.73.